The lowest BCUT2D eigenvalue weighted by molar-refractivity contribution is 0.112. The van der Waals surface area contributed by atoms with Crippen LogP contribution in [0.2, 0.25) is 0 Å². The summed E-state index contributed by atoms with van der Waals surface area (Å²) in [7, 11) is 1.79. The van der Waals surface area contributed by atoms with E-state index in [-0.39, 0.29) is 0 Å². The lowest BCUT2D eigenvalue weighted by Crippen LogP contribution is -1.96. The highest BCUT2D eigenvalue weighted by atomic mass is 16.1. The Bertz CT molecular complexity index is 332. The molecule has 0 saturated heterocycles. The van der Waals surface area contributed by atoms with Crippen LogP contribution >= 0.6 is 0 Å². The number of nitrogens with two attached hydrogens (primary N) is 1. The van der Waals surface area contributed by atoms with Gasteiger partial charge in [0, 0.05) is 23.9 Å². The number of aldehydes is 1. The third kappa shape index (κ3) is 2.08. The first-order valence-corrected chi connectivity index (χ1v) is 3.97. The molecule has 0 aromatic heterocycles. The molecule has 0 amide bonds. The number of nitrogen functional groups attached to an aromatic ring is 1. The minimum Gasteiger partial charge on any atom is -0.398 e. The quantitative estimate of drug-likeness (QED) is 0.538. The molecule has 3 nitrogen and oxygen atoms in total. The third-order valence-corrected chi connectivity index (χ3v) is 1.72. The first-order chi connectivity index (χ1) is 6.29. The van der Waals surface area contributed by atoms with E-state index in [1.54, 1.807) is 37.5 Å². The van der Waals surface area contributed by atoms with Crippen LogP contribution in [0.25, 0.3) is 6.08 Å². The van der Waals surface area contributed by atoms with Gasteiger partial charge in [-0.25, -0.2) is 0 Å². The van der Waals surface area contributed by atoms with Crippen molar-refractivity contribution in [2.24, 2.45) is 0 Å². The Balaban J connectivity index is 3.14. The summed E-state index contributed by atoms with van der Waals surface area (Å²) in [5.74, 6) is 0. The van der Waals surface area contributed by atoms with Crippen LogP contribution in [0, 0.1) is 0 Å². The van der Waals surface area contributed by atoms with Crippen LogP contribution in [0.5, 0.6) is 0 Å². The number of anilines is 1. The van der Waals surface area contributed by atoms with Crippen molar-refractivity contribution in [3.05, 3.63) is 35.5 Å². The van der Waals surface area contributed by atoms with Gasteiger partial charge < -0.3 is 11.1 Å². The summed E-state index contributed by atoms with van der Waals surface area (Å²) in [5, 5.41) is 2.84. The average molecular weight is 176 g/mol. The van der Waals surface area contributed by atoms with E-state index in [1.165, 1.54) is 0 Å². The number of hydrogen-bond acceptors (Lipinski definition) is 3. The van der Waals surface area contributed by atoms with Gasteiger partial charge in [-0.2, -0.15) is 0 Å². The van der Waals surface area contributed by atoms with Crippen LogP contribution in [0.3, 0.4) is 0 Å². The van der Waals surface area contributed by atoms with Crippen molar-refractivity contribution >= 4 is 18.0 Å². The normalized spacial score (nSPS) is 10.2. The van der Waals surface area contributed by atoms with E-state index in [2.05, 4.69) is 5.32 Å². The van der Waals surface area contributed by atoms with Gasteiger partial charge in [0.25, 0.3) is 0 Å². The van der Waals surface area contributed by atoms with E-state index in [9.17, 15) is 4.79 Å². The Kier molecular flexibility index (Phi) is 3.09. The molecule has 1 aromatic carbocycles. The van der Waals surface area contributed by atoms with Crippen molar-refractivity contribution in [1.29, 1.82) is 0 Å². The van der Waals surface area contributed by atoms with Crippen LogP contribution in [0.15, 0.2) is 24.4 Å². The number of benzene rings is 1. The van der Waals surface area contributed by atoms with E-state index < -0.39 is 0 Å². The van der Waals surface area contributed by atoms with Crippen LogP contribution in [0.1, 0.15) is 15.9 Å². The maximum absolute atomic E-state index is 10.6. The zero-order valence-electron chi connectivity index (χ0n) is 7.45. The Hall–Kier alpha value is -1.77. The van der Waals surface area contributed by atoms with Crippen molar-refractivity contribution in [3.8, 4) is 0 Å². The smallest absolute Gasteiger partial charge is 0.150 e. The van der Waals surface area contributed by atoms with Crippen molar-refractivity contribution in [2.45, 2.75) is 0 Å². The van der Waals surface area contributed by atoms with Gasteiger partial charge in [0.05, 0.1) is 0 Å². The minimum absolute atomic E-state index is 0.603. The van der Waals surface area contributed by atoms with E-state index in [4.69, 9.17) is 5.73 Å². The van der Waals surface area contributed by atoms with Gasteiger partial charge in [-0.1, -0.05) is 12.1 Å². The van der Waals surface area contributed by atoms with Gasteiger partial charge in [0.2, 0.25) is 0 Å². The number of hydrogen-bond donors (Lipinski definition) is 2. The van der Waals surface area contributed by atoms with Crippen molar-refractivity contribution in [3.63, 3.8) is 0 Å². The van der Waals surface area contributed by atoms with E-state index >= 15 is 0 Å². The molecule has 0 radical (unpaired) electrons. The molecule has 0 unspecified atom stereocenters. The molecular formula is C10H12N2O. The first-order valence-electron chi connectivity index (χ1n) is 3.97. The summed E-state index contributed by atoms with van der Waals surface area (Å²) >= 11 is 0. The van der Waals surface area contributed by atoms with Crippen LogP contribution in [0.4, 0.5) is 5.69 Å². The lowest BCUT2D eigenvalue weighted by atomic mass is 10.1. The van der Waals surface area contributed by atoms with Gasteiger partial charge in [0.1, 0.15) is 0 Å². The second-order valence-corrected chi connectivity index (χ2v) is 2.59. The maximum atomic E-state index is 10.6. The standard InChI is InChI=1S/C10H12N2O/c1-12-6-5-9-8(7-13)3-2-4-10(9)11/h2-7,12H,11H2,1H3/b6-5-. The Morgan fingerprint density at radius 2 is 2.23 bits per heavy atom. The first kappa shape index (κ1) is 9.32. The Morgan fingerprint density at radius 3 is 2.85 bits per heavy atom. The average Bonchev–Trinajstić information content (AvgIpc) is 2.15. The Labute approximate surface area is 77.3 Å². The molecule has 68 valence electrons. The summed E-state index contributed by atoms with van der Waals surface area (Å²) in [6.45, 7) is 0. The van der Waals surface area contributed by atoms with Crippen molar-refractivity contribution in [2.75, 3.05) is 12.8 Å². The number of nitrogens with one attached hydrogen (secondary N) is 1. The molecule has 0 atom stereocenters. The van der Waals surface area contributed by atoms with E-state index in [0.29, 0.717) is 11.3 Å². The van der Waals surface area contributed by atoms with E-state index in [0.717, 1.165) is 11.8 Å². The zero-order valence-corrected chi connectivity index (χ0v) is 7.45. The summed E-state index contributed by atoms with van der Waals surface area (Å²) in [6, 6.07) is 5.26. The molecular weight excluding hydrogens is 164 g/mol. The largest absolute Gasteiger partial charge is 0.398 e. The SMILES string of the molecule is CN/C=C\c1c(N)cccc1C=O. The minimum atomic E-state index is 0.603. The van der Waals surface area contributed by atoms with Crippen LogP contribution in [-0.4, -0.2) is 13.3 Å². The fourth-order valence-electron chi connectivity index (χ4n) is 1.06. The third-order valence-electron chi connectivity index (χ3n) is 1.72. The number of carbonyl (C=O) groups excluding carboxylic acids is 1. The highest BCUT2D eigenvalue weighted by Gasteiger charge is 2.00. The van der Waals surface area contributed by atoms with Gasteiger partial charge in [-0.05, 0) is 18.3 Å². The van der Waals surface area contributed by atoms with Crippen LogP contribution in [-0.2, 0) is 0 Å². The Morgan fingerprint density at radius 1 is 1.46 bits per heavy atom. The fraction of sp³-hybridized carbons (Fsp3) is 0.100. The number of rotatable bonds is 3. The molecule has 3 heteroatoms. The van der Waals surface area contributed by atoms with Crippen molar-refractivity contribution in [1.82, 2.24) is 5.32 Å². The number of carbonyl (C=O) groups is 1. The van der Waals surface area contributed by atoms with Gasteiger partial charge in [-0.15, -0.1) is 0 Å². The molecule has 0 bridgehead atoms. The summed E-state index contributed by atoms with van der Waals surface area (Å²) in [5.41, 5.74) is 7.67. The molecule has 1 aromatic rings. The lowest BCUT2D eigenvalue weighted by Gasteiger charge is -2.02. The molecule has 0 fully saturated rings. The predicted octanol–water partition coefficient (Wildman–Crippen LogP) is 1.27. The zero-order chi connectivity index (χ0) is 9.68. The predicted molar refractivity (Wildman–Crippen MR) is 54.3 cm³/mol. The monoisotopic (exact) mass is 176 g/mol. The molecule has 0 aliphatic carbocycles. The maximum Gasteiger partial charge on any atom is 0.150 e. The molecule has 0 heterocycles. The topological polar surface area (TPSA) is 55.1 Å². The molecule has 13 heavy (non-hydrogen) atoms. The summed E-state index contributed by atoms with van der Waals surface area (Å²) in [4.78, 5) is 10.6. The molecule has 1 rings (SSSR count). The molecule has 0 saturated carbocycles. The highest BCUT2D eigenvalue weighted by Crippen LogP contribution is 2.16. The second kappa shape index (κ2) is 4.30. The second-order valence-electron chi connectivity index (χ2n) is 2.59. The van der Waals surface area contributed by atoms with Crippen LogP contribution < -0.4 is 11.1 Å². The fourth-order valence-corrected chi connectivity index (χ4v) is 1.06. The molecule has 3 N–H and O–H groups in total. The van der Waals surface area contributed by atoms with Gasteiger partial charge >= 0.3 is 0 Å². The molecule has 0 aliphatic rings. The summed E-state index contributed by atoms with van der Waals surface area (Å²) < 4.78 is 0. The summed E-state index contributed by atoms with van der Waals surface area (Å²) in [6.07, 6.45) is 4.31. The van der Waals surface area contributed by atoms with E-state index in [1.807, 2.05) is 0 Å². The van der Waals surface area contributed by atoms with Gasteiger partial charge in [0.15, 0.2) is 6.29 Å². The highest BCUT2D eigenvalue weighted by molar-refractivity contribution is 5.86. The van der Waals surface area contributed by atoms with Gasteiger partial charge in [-0.3, -0.25) is 4.79 Å². The molecule has 0 aliphatic heterocycles. The van der Waals surface area contributed by atoms with Crippen molar-refractivity contribution < 1.29 is 4.79 Å². The molecule has 0 spiro atoms.